The van der Waals surface area contributed by atoms with Crippen LogP contribution in [0.25, 0.3) is 0 Å². The second kappa shape index (κ2) is 16.5. The molecule has 1 atom stereocenters. The second-order valence-corrected chi connectivity index (χ2v) is 5.59. The van der Waals surface area contributed by atoms with E-state index in [4.69, 9.17) is 5.73 Å². The number of allylic oxidation sites excluding steroid dienone is 10. The Morgan fingerprint density at radius 1 is 0.783 bits per heavy atom. The SMILES string of the molecule is CCC=CCC=CCC=CCC=CCC=CCCC(C)C(N)=O. The number of hydrogen-bond donors (Lipinski definition) is 1. The molecule has 0 aromatic rings. The molecule has 2 nitrogen and oxygen atoms in total. The van der Waals surface area contributed by atoms with Crippen LogP contribution in [0.3, 0.4) is 0 Å². The molecule has 128 valence electrons. The van der Waals surface area contributed by atoms with Gasteiger partial charge in [0, 0.05) is 5.92 Å². The van der Waals surface area contributed by atoms with Crippen molar-refractivity contribution in [3.8, 4) is 0 Å². The molecule has 0 aliphatic carbocycles. The summed E-state index contributed by atoms with van der Waals surface area (Å²) in [5.74, 6) is -0.241. The van der Waals surface area contributed by atoms with E-state index in [-0.39, 0.29) is 11.8 Å². The molecule has 0 aromatic heterocycles. The molecular formula is C21H33NO. The average Bonchev–Trinajstić information content (AvgIpc) is 2.54. The highest BCUT2D eigenvalue weighted by Crippen LogP contribution is 2.05. The Hall–Kier alpha value is -1.83. The predicted octanol–water partition coefficient (Wildman–Crippen LogP) is 5.64. The van der Waals surface area contributed by atoms with E-state index in [9.17, 15) is 4.79 Å². The van der Waals surface area contributed by atoms with Crippen LogP contribution in [0.5, 0.6) is 0 Å². The summed E-state index contributed by atoms with van der Waals surface area (Å²) in [6.45, 7) is 4.02. The Balaban J connectivity index is 3.54. The molecule has 1 unspecified atom stereocenters. The molecule has 0 saturated heterocycles. The lowest BCUT2D eigenvalue weighted by Crippen LogP contribution is -2.20. The van der Waals surface area contributed by atoms with E-state index in [0.29, 0.717) is 0 Å². The third-order valence-corrected chi connectivity index (χ3v) is 3.41. The van der Waals surface area contributed by atoms with Crippen molar-refractivity contribution in [1.82, 2.24) is 0 Å². The van der Waals surface area contributed by atoms with Gasteiger partial charge in [-0.15, -0.1) is 0 Å². The van der Waals surface area contributed by atoms with Crippen LogP contribution < -0.4 is 5.73 Å². The maximum Gasteiger partial charge on any atom is 0.220 e. The van der Waals surface area contributed by atoms with E-state index in [1.54, 1.807) is 0 Å². The summed E-state index contributed by atoms with van der Waals surface area (Å²) in [5.41, 5.74) is 5.21. The third kappa shape index (κ3) is 16.4. The Morgan fingerprint density at radius 3 is 1.57 bits per heavy atom. The van der Waals surface area contributed by atoms with Crippen molar-refractivity contribution < 1.29 is 4.79 Å². The Bertz CT molecular complexity index is 427. The monoisotopic (exact) mass is 315 g/mol. The van der Waals surface area contributed by atoms with Gasteiger partial charge in [0.15, 0.2) is 0 Å². The van der Waals surface area contributed by atoms with Crippen molar-refractivity contribution in [3.05, 3.63) is 60.8 Å². The summed E-state index contributed by atoms with van der Waals surface area (Å²) in [6.07, 6.45) is 28.6. The zero-order valence-electron chi connectivity index (χ0n) is 14.8. The first-order valence-electron chi connectivity index (χ1n) is 8.72. The fraction of sp³-hybridized carbons (Fsp3) is 0.476. The zero-order chi connectivity index (χ0) is 17.2. The van der Waals surface area contributed by atoms with Gasteiger partial charge in [-0.2, -0.15) is 0 Å². The summed E-state index contributed by atoms with van der Waals surface area (Å²) in [4.78, 5) is 10.9. The molecule has 1 amide bonds. The van der Waals surface area contributed by atoms with Crippen LogP contribution in [0, 0.1) is 5.92 Å². The summed E-state index contributed by atoms with van der Waals surface area (Å²) < 4.78 is 0. The van der Waals surface area contributed by atoms with Crippen LogP contribution in [0.4, 0.5) is 0 Å². The van der Waals surface area contributed by atoms with E-state index in [0.717, 1.165) is 44.9 Å². The van der Waals surface area contributed by atoms with Gasteiger partial charge in [-0.1, -0.05) is 74.6 Å². The zero-order valence-corrected chi connectivity index (χ0v) is 14.8. The molecule has 2 N–H and O–H groups in total. The first-order chi connectivity index (χ1) is 11.2. The van der Waals surface area contributed by atoms with Gasteiger partial charge in [-0.3, -0.25) is 4.79 Å². The quantitative estimate of drug-likeness (QED) is 0.439. The van der Waals surface area contributed by atoms with Crippen LogP contribution >= 0.6 is 0 Å². The molecule has 0 spiro atoms. The van der Waals surface area contributed by atoms with Gasteiger partial charge >= 0.3 is 0 Å². The minimum absolute atomic E-state index is 0.0305. The minimum atomic E-state index is -0.211. The maximum atomic E-state index is 10.9. The van der Waals surface area contributed by atoms with Gasteiger partial charge in [0.05, 0.1) is 0 Å². The normalized spacial score (nSPS) is 14.2. The number of amides is 1. The van der Waals surface area contributed by atoms with Crippen molar-refractivity contribution >= 4 is 5.91 Å². The van der Waals surface area contributed by atoms with Gasteiger partial charge in [0.2, 0.25) is 5.91 Å². The number of hydrogen-bond acceptors (Lipinski definition) is 1. The van der Waals surface area contributed by atoms with E-state index >= 15 is 0 Å². The maximum absolute atomic E-state index is 10.9. The Kier molecular flexibility index (Phi) is 15.2. The number of nitrogens with two attached hydrogens (primary N) is 1. The lowest BCUT2D eigenvalue weighted by molar-refractivity contribution is -0.121. The van der Waals surface area contributed by atoms with Crippen molar-refractivity contribution in [2.45, 2.75) is 58.8 Å². The number of carbonyl (C=O) groups excluding carboxylic acids is 1. The summed E-state index contributed by atoms with van der Waals surface area (Å²) in [5, 5.41) is 0. The summed E-state index contributed by atoms with van der Waals surface area (Å²) >= 11 is 0. The van der Waals surface area contributed by atoms with E-state index in [1.165, 1.54) is 0 Å². The molecule has 23 heavy (non-hydrogen) atoms. The van der Waals surface area contributed by atoms with Crippen LogP contribution in [-0.4, -0.2) is 5.91 Å². The lowest BCUT2D eigenvalue weighted by Gasteiger charge is -2.02. The highest BCUT2D eigenvalue weighted by Gasteiger charge is 2.05. The highest BCUT2D eigenvalue weighted by atomic mass is 16.1. The largest absolute Gasteiger partial charge is 0.369 e. The average molecular weight is 316 g/mol. The standard InChI is InChI=1S/C21H33NO/c1-3-4-5-6-7-8-9-10-11-12-13-14-15-16-17-18-19-20(2)21(22)23/h4-5,7-8,10-11,13-14,16-17,20H,3,6,9,12,15,18-19H2,1-2H3,(H2,22,23). The Labute approximate surface area is 142 Å². The van der Waals surface area contributed by atoms with E-state index in [1.807, 2.05) is 6.92 Å². The third-order valence-electron chi connectivity index (χ3n) is 3.41. The number of carbonyl (C=O) groups is 1. The van der Waals surface area contributed by atoms with Gasteiger partial charge in [-0.05, 0) is 44.9 Å². The van der Waals surface area contributed by atoms with E-state index < -0.39 is 0 Å². The first kappa shape index (κ1) is 21.2. The molecule has 0 bridgehead atoms. The van der Waals surface area contributed by atoms with Gasteiger partial charge < -0.3 is 5.73 Å². The molecule has 0 radical (unpaired) electrons. The molecule has 0 saturated carbocycles. The van der Waals surface area contributed by atoms with Crippen molar-refractivity contribution in [3.63, 3.8) is 0 Å². The molecule has 0 rings (SSSR count). The molecule has 0 aromatic carbocycles. The predicted molar refractivity (Wildman–Crippen MR) is 102 cm³/mol. The molecule has 2 heteroatoms. The first-order valence-corrected chi connectivity index (χ1v) is 8.72. The van der Waals surface area contributed by atoms with Crippen molar-refractivity contribution in [1.29, 1.82) is 0 Å². The van der Waals surface area contributed by atoms with Crippen molar-refractivity contribution in [2.75, 3.05) is 0 Å². The summed E-state index contributed by atoms with van der Waals surface area (Å²) in [6, 6.07) is 0. The van der Waals surface area contributed by atoms with Gasteiger partial charge in [0.1, 0.15) is 0 Å². The van der Waals surface area contributed by atoms with Crippen molar-refractivity contribution in [2.24, 2.45) is 11.7 Å². The highest BCUT2D eigenvalue weighted by molar-refractivity contribution is 5.76. The molecule has 0 aliphatic heterocycles. The van der Waals surface area contributed by atoms with E-state index in [2.05, 4.69) is 67.7 Å². The van der Waals surface area contributed by atoms with Gasteiger partial charge in [0.25, 0.3) is 0 Å². The topological polar surface area (TPSA) is 43.1 Å². The fourth-order valence-corrected chi connectivity index (χ4v) is 1.86. The second-order valence-electron chi connectivity index (χ2n) is 5.59. The number of rotatable bonds is 13. The van der Waals surface area contributed by atoms with Crippen LogP contribution in [-0.2, 0) is 4.79 Å². The molecular weight excluding hydrogens is 282 g/mol. The molecule has 0 fully saturated rings. The number of primary amides is 1. The van der Waals surface area contributed by atoms with Crippen LogP contribution in [0.1, 0.15) is 58.8 Å². The van der Waals surface area contributed by atoms with Crippen LogP contribution in [0.2, 0.25) is 0 Å². The lowest BCUT2D eigenvalue weighted by atomic mass is 10.1. The molecule has 0 heterocycles. The Morgan fingerprint density at radius 2 is 1.17 bits per heavy atom. The minimum Gasteiger partial charge on any atom is -0.369 e. The fourth-order valence-electron chi connectivity index (χ4n) is 1.86. The molecule has 0 aliphatic rings. The van der Waals surface area contributed by atoms with Gasteiger partial charge in [-0.25, -0.2) is 0 Å². The summed E-state index contributed by atoms with van der Waals surface area (Å²) in [7, 11) is 0. The van der Waals surface area contributed by atoms with Crippen LogP contribution in [0.15, 0.2) is 60.8 Å². The smallest absolute Gasteiger partial charge is 0.220 e.